The van der Waals surface area contributed by atoms with Gasteiger partial charge in [0.25, 0.3) is 0 Å². The van der Waals surface area contributed by atoms with Crippen LogP contribution in [0.15, 0.2) is 54.6 Å². The molecule has 1 heterocycles. The fraction of sp³-hybridized carbons (Fsp3) is 0.263. The second-order valence-corrected chi connectivity index (χ2v) is 5.75. The number of benzene rings is 2. The van der Waals surface area contributed by atoms with Crippen LogP contribution in [0.4, 0.5) is 0 Å². The Morgan fingerprint density at radius 3 is 2.61 bits per heavy atom. The summed E-state index contributed by atoms with van der Waals surface area (Å²) in [6.45, 7) is 4.49. The van der Waals surface area contributed by atoms with Crippen molar-refractivity contribution in [3.05, 3.63) is 65.9 Å². The van der Waals surface area contributed by atoms with E-state index in [0.717, 1.165) is 23.0 Å². The third-order valence-corrected chi connectivity index (χ3v) is 4.10. The highest BCUT2D eigenvalue weighted by Crippen LogP contribution is 2.21. The fourth-order valence-electron chi connectivity index (χ4n) is 2.78. The smallest absolute Gasteiger partial charge is 0.244 e. The Labute approximate surface area is 136 Å². The number of aryl methyl sites for hydroxylation is 1. The summed E-state index contributed by atoms with van der Waals surface area (Å²) in [6, 6.07) is 17.8. The normalized spacial score (nSPS) is 12.3. The maximum Gasteiger partial charge on any atom is 0.244 e. The minimum Gasteiger partial charge on any atom is -0.354 e. The molecule has 23 heavy (non-hydrogen) atoms. The second kappa shape index (κ2) is 6.65. The molecule has 0 unspecified atom stereocenters. The maximum absolute atomic E-state index is 12.4. The standard InChI is InChI=1S/C19H21N3O/c1-14-17-10-6-7-11-18(17)22(21-14)15(2)19(23)20-13-12-16-8-4-3-5-9-16/h3-11,15H,12-13H2,1-2H3,(H,20,23)/t15-/m1/s1. The summed E-state index contributed by atoms with van der Waals surface area (Å²) in [7, 11) is 0. The van der Waals surface area contributed by atoms with Gasteiger partial charge in [0, 0.05) is 11.9 Å². The summed E-state index contributed by atoms with van der Waals surface area (Å²) in [5.74, 6) is -0.00539. The molecule has 3 aromatic rings. The van der Waals surface area contributed by atoms with Crippen LogP contribution < -0.4 is 5.32 Å². The van der Waals surface area contributed by atoms with Crippen molar-refractivity contribution >= 4 is 16.8 Å². The molecule has 0 aliphatic rings. The van der Waals surface area contributed by atoms with Crippen LogP contribution in [-0.2, 0) is 11.2 Å². The van der Waals surface area contributed by atoms with Crippen LogP contribution in [0, 0.1) is 6.92 Å². The topological polar surface area (TPSA) is 46.9 Å². The molecule has 0 fully saturated rings. The van der Waals surface area contributed by atoms with Gasteiger partial charge in [-0.25, -0.2) is 0 Å². The molecule has 1 N–H and O–H groups in total. The number of fused-ring (bicyclic) bond motifs is 1. The average molecular weight is 307 g/mol. The Balaban J connectivity index is 1.67. The van der Waals surface area contributed by atoms with Crippen molar-refractivity contribution in [1.29, 1.82) is 0 Å². The van der Waals surface area contributed by atoms with Gasteiger partial charge in [0.15, 0.2) is 0 Å². The number of aromatic nitrogens is 2. The van der Waals surface area contributed by atoms with E-state index in [0.29, 0.717) is 6.54 Å². The zero-order valence-corrected chi connectivity index (χ0v) is 13.5. The number of hydrogen-bond donors (Lipinski definition) is 1. The number of carbonyl (C=O) groups is 1. The molecule has 4 heteroatoms. The quantitative estimate of drug-likeness (QED) is 0.786. The number of amides is 1. The SMILES string of the molecule is Cc1nn([C@H](C)C(=O)NCCc2ccccc2)c2ccccc12. The predicted molar refractivity (Wildman–Crippen MR) is 92.3 cm³/mol. The first-order valence-corrected chi connectivity index (χ1v) is 7.92. The van der Waals surface area contributed by atoms with Crippen molar-refractivity contribution in [3.63, 3.8) is 0 Å². The summed E-state index contributed by atoms with van der Waals surface area (Å²) < 4.78 is 1.81. The minimum absolute atomic E-state index is 0.00539. The van der Waals surface area contributed by atoms with Crippen molar-refractivity contribution in [1.82, 2.24) is 15.1 Å². The second-order valence-electron chi connectivity index (χ2n) is 5.75. The van der Waals surface area contributed by atoms with E-state index in [9.17, 15) is 4.79 Å². The number of rotatable bonds is 5. The molecule has 0 saturated carbocycles. The van der Waals surface area contributed by atoms with E-state index in [1.54, 1.807) is 0 Å². The van der Waals surface area contributed by atoms with Gasteiger partial charge in [-0.1, -0.05) is 48.5 Å². The molecule has 1 aromatic heterocycles. The Morgan fingerprint density at radius 2 is 1.83 bits per heavy atom. The first-order chi connectivity index (χ1) is 11.2. The summed E-state index contributed by atoms with van der Waals surface area (Å²) >= 11 is 0. The Morgan fingerprint density at radius 1 is 1.13 bits per heavy atom. The predicted octanol–water partition coefficient (Wildman–Crippen LogP) is 3.26. The van der Waals surface area contributed by atoms with Crippen LogP contribution in [0.3, 0.4) is 0 Å². The molecule has 118 valence electrons. The summed E-state index contributed by atoms with van der Waals surface area (Å²) in [5.41, 5.74) is 3.17. The van der Waals surface area contributed by atoms with Crippen molar-refractivity contribution in [2.45, 2.75) is 26.3 Å². The molecular weight excluding hydrogens is 286 g/mol. The van der Waals surface area contributed by atoms with Gasteiger partial charge in [0.1, 0.15) is 6.04 Å². The van der Waals surface area contributed by atoms with Crippen LogP contribution >= 0.6 is 0 Å². The molecule has 4 nitrogen and oxygen atoms in total. The van der Waals surface area contributed by atoms with Gasteiger partial charge >= 0.3 is 0 Å². The highest BCUT2D eigenvalue weighted by Gasteiger charge is 2.18. The van der Waals surface area contributed by atoms with E-state index >= 15 is 0 Å². The summed E-state index contributed by atoms with van der Waals surface area (Å²) in [6.07, 6.45) is 0.832. The van der Waals surface area contributed by atoms with E-state index in [1.165, 1.54) is 5.56 Å². The fourth-order valence-corrected chi connectivity index (χ4v) is 2.78. The first-order valence-electron chi connectivity index (χ1n) is 7.92. The third-order valence-electron chi connectivity index (χ3n) is 4.10. The van der Waals surface area contributed by atoms with Crippen LogP contribution in [-0.4, -0.2) is 22.2 Å². The van der Waals surface area contributed by atoms with Crippen LogP contribution in [0.25, 0.3) is 10.9 Å². The number of nitrogens with one attached hydrogen (secondary N) is 1. The van der Waals surface area contributed by atoms with Crippen LogP contribution in [0.2, 0.25) is 0 Å². The summed E-state index contributed by atoms with van der Waals surface area (Å²) in [5, 5.41) is 8.63. The van der Waals surface area contributed by atoms with Crippen molar-refractivity contribution in [3.8, 4) is 0 Å². The van der Waals surface area contributed by atoms with Gasteiger partial charge < -0.3 is 5.32 Å². The van der Waals surface area contributed by atoms with E-state index in [4.69, 9.17) is 0 Å². The maximum atomic E-state index is 12.4. The van der Waals surface area contributed by atoms with Gasteiger partial charge in [-0.05, 0) is 31.9 Å². The Bertz CT molecular complexity index is 808. The van der Waals surface area contributed by atoms with Crippen LogP contribution in [0.5, 0.6) is 0 Å². The Hall–Kier alpha value is -2.62. The lowest BCUT2D eigenvalue weighted by molar-refractivity contribution is -0.124. The molecule has 0 aliphatic carbocycles. The Kier molecular flexibility index (Phi) is 4.42. The lowest BCUT2D eigenvalue weighted by Gasteiger charge is -2.14. The van der Waals surface area contributed by atoms with Gasteiger partial charge in [0.2, 0.25) is 5.91 Å². The summed E-state index contributed by atoms with van der Waals surface area (Å²) in [4.78, 5) is 12.4. The molecule has 0 saturated heterocycles. The number of carbonyl (C=O) groups excluding carboxylic acids is 1. The minimum atomic E-state index is -0.329. The number of nitrogens with zero attached hydrogens (tertiary/aromatic N) is 2. The molecule has 1 atom stereocenters. The monoisotopic (exact) mass is 307 g/mol. The largest absolute Gasteiger partial charge is 0.354 e. The molecule has 0 spiro atoms. The third kappa shape index (κ3) is 3.26. The lowest BCUT2D eigenvalue weighted by Crippen LogP contribution is -2.32. The van der Waals surface area contributed by atoms with Gasteiger partial charge in [0.05, 0.1) is 11.2 Å². The molecule has 2 aromatic carbocycles. The van der Waals surface area contributed by atoms with E-state index in [-0.39, 0.29) is 11.9 Å². The number of hydrogen-bond acceptors (Lipinski definition) is 2. The number of para-hydroxylation sites is 1. The lowest BCUT2D eigenvalue weighted by atomic mass is 10.1. The molecule has 3 rings (SSSR count). The van der Waals surface area contributed by atoms with E-state index in [2.05, 4.69) is 22.5 Å². The molecule has 1 amide bonds. The van der Waals surface area contributed by atoms with E-state index < -0.39 is 0 Å². The average Bonchev–Trinajstić information content (AvgIpc) is 2.92. The van der Waals surface area contributed by atoms with Gasteiger partial charge in [-0.15, -0.1) is 0 Å². The highest BCUT2D eigenvalue weighted by molar-refractivity contribution is 5.86. The van der Waals surface area contributed by atoms with Crippen molar-refractivity contribution < 1.29 is 4.79 Å². The molecule has 0 radical (unpaired) electrons. The van der Waals surface area contributed by atoms with Crippen molar-refractivity contribution in [2.24, 2.45) is 0 Å². The van der Waals surface area contributed by atoms with Crippen molar-refractivity contribution in [2.75, 3.05) is 6.54 Å². The first kappa shape index (κ1) is 15.3. The zero-order valence-electron chi connectivity index (χ0n) is 13.5. The van der Waals surface area contributed by atoms with E-state index in [1.807, 2.05) is 61.0 Å². The molecule has 0 bridgehead atoms. The zero-order chi connectivity index (χ0) is 16.2. The molecular formula is C19H21N3O. The highest BCUT2D eigenvalue weighted by atomic mass is 16.2. The van der Waals surface area contributed by atoms with Crippen LogP contribution in [0.1, 0.15) is 24.2 Å². The van der Waals surface area contributed by atoms with Gasteiger partial charge in [-0.3, -0.25) is 9.48 Å². The molecule has 0 aliphatic heterocycles. The van der Waals surface area contributed by atoms with Gasteiger partial charge in [-0.2, -0.15) is 5.10 Å².